The van der Waals surface area contributed by atoms with Crippen molar-refractivity contribution in [3.05, 3.63) is 0 Å². The van der Waals surface area contributed by atoms with Crippen LogP contribution < -0.4 is 5.32 Å². The average Bonchev–Trinajstić information content (AvgIpc) is 2.16. The van der Waals surface area contributed by atoms with Crippen LogP contribution in [-0.4, -0.2) is 35.2 Å². The van der Waals surface area contributed by atoms with Crippen molar-refractivity contribution >= 4 is 12.1 Å². The molecule has 0 bridgehead atoms. The van der Waals surface area contributed by atoms with Gasteiger partial charge in [-0.1, -0.05) is 0 Å². The number of carbonyl (C=O) groups excluding carboxylic acids is 1. The van der Waals surface area contributed by atoms with Crippen LogP contribution in [0.4, 0.5) is 13.6 Å². The number of hydrogen-bond donors (Lipinski definition) is 2. The zero-order valence-corrected chi connectivity index (χ0v) is 12.5. The Morgan fingerprint density at radius 3 is 2.10 bits per heavy atom. The van der Waals surface area contributed by atoms with Crippen molar-refractivity contribution in [3.63, 3.8) is 0 Å². The Balaban J connectivity index is 1.88. The molecule has 2 saturated carbocycles. The molecule has 120 valence electrons. The van der Waals surface area contributed by atoms with Crippen molar-refractivity contribution in [3.8, 4) is 0 Å². The van der Waals surface area contributed by atoms with Gasteiger partial charge in [-0.25, -0.2) is 13.6 Å². The maximum absolute atomic E-state index is 13.0. The molecule has 0 aromatic heterocycles. The van der Waals surface area contributed by atoms with E-state index < -0.39 is 34.4 Å². The molecule has 2 aliphatic rings. The maximum atomic E-state index is 13.0. The Labute approximate surface area is 122 Å². The van der Waals surface area contributed by atoms with Gasteiger partial charge in [-0.15, -0.1) is 0 Å². The number of amides is 1. The van der Waals surface area contributed by atoms with Gasteiger partial charge in [0, 0.05) is 19.4 Å². The summed E-state index contributed by atoms with van der Waals surface area (Å²) in [6.45, 7) is 5.02. The van der Waals surface area contributed by atoms with Gasteiger partial charge in [0.25, 0.3) is 0 Å². The monoisotopic (exact) mass is 305 g/mol. The predicted octanol–water partition coefficient (Wildman–Crippen LogP) is 2.79. The van der Waals surface area contributed by atoms with Gasteiger partial charge < -0.3 is 15.2 Å². The molecule has 0 saturated heterocycles. The number of aliphatic carboxylic acids is 1. The number of carboxylic acid groups (broad SMARTS) is 1. The zero-order valence-electron chi connectivity index (χ0n) is 12.5. The summed E-state index contributed by atoms with van der Waals surface area (Å²) in [5.41, 5.74) is -2.37. The molecule has 1 amide bonds. The number of ether oxygens (including phenoxy) is 1. The summed E-state index contributed by atoms with van der Waals surface area (Å²) in [4.78, 5) is 23.0. The second-order valence-electron chi connectivity index (χ2n) is 7.50. The number of rotatable bonds is 3. The third-order valence-electron chi connectivity index (χ3n) is 4.12. The Morgan fingerprint density at radius 1 is 1.19 bits per heavy atom. The van der Waals surface area contributed by atoms with Crippen LogP contribution in [0, 0.1) is 10.8 Å². The highest BCUT2D eigenvalue weighted by molar-refractivity contribution is 5.78. The van der Waals surface area contributed by atoms with E-state index in [2.05, 4.69) is 5.32 Å². The Bertz CT molecular complexity index is 454. The lowest BCUT2D eigenvalue weighted by Crippen LogP contribution is -2.63. The number of carbonyl (C=O) groups is 2. The van der Waals surface area contributed by atoms with E-state index in [9.17, 15) is 23.5 Å². The summed E-state index contributed by atoms with van der Waals surface area (Å²) in [5, 5.41) is 11.8. The molecule has 0 aliphatic heterocycles. The van der Waals surface area contributed by atoms with Crippen molar-refractivity contribution in [2.45, 2.75) is 58.0 Å². The second-order valence-corrected chi connectivity index (χ2v) is 7.50. The minimum absolute atomic E-state index is 0.0927. The van der Waals surface area contributed by atoms with Crippen LogP contribution in [-0.2, 0) is 9.53 Å². The molecular weight excluding hydrogens is 284 g/mol. The summed E-state index contributed by atoms with van der Waals surface area (Å²) >= 11 is 0. The topological polar surface area (TPSA) is 75.6 Å². The molecule has 0 heterocycles. The van der Waals surface area contributed by atoms with Gasteiger partial charge in [-0.05, 0) is 39.0 Å². The Kier molecular flexibility index (Phi) is 3.46. The number of carboxylic acids is 1. The molecule has 21 heavy (non-hydrogen) atoms. The van der Waals surface area contributed by atoms with E-state index in [0.717, 1.165) is 0 Å². The summed E-state index contributed by atoms with van der Waals surface area (Å²) in [7, 11) is 0. The lowest BCUT2D eigenvalue weighted by molar-refractivity contribution is -0.234. The minimum atomic E-state index is -2.66. The highest BCUT2D eigenvalue weighted by Gasteiger charge is 2.69. The molecule has 0 atom stereocenters. The van der Waals surface area contributed by atoms with Crippen molar-refractivity contribution in [1.82, 2.24) is 5.32 Å². The van der Waals surface area contributed by atoms with Crippen LogP contribution in [0.5, 0.6) is 0 Å². The third kappa shape index (κ3) is 3.27. The normalized spacial score (nSPS) is 24.6. The van der Waals surface area contributed by atoms with Crippen LogP contribution in [0.25, 0.3) is 0 Å². The Hall–Kier alpha value is -1.40. The van der Waals surface area contributed by atoms with Gasteiger partial charge in [0.15, 0.2) is 0 Å². The highest BCUT2D eigenvalue weighted by Crippen LogP contribution is 2.68. The molecule has 2 fully saturated rings. The molecular formula is C14H21F2NO4. The maximum Gasteiger partial charge on any atom is 0.407 e. The van der Waals surface area contributed by atoms with E-state index in [0.29, 0.717) is 0 Å². The zero-order chi connectivity index (χ0) is 16.1. The van der Waals surface area contributed by atoms with Gasteiger partial charge in [-0.3, -0.25) is 4.79 Å². The summed E-state index contributed by atoms with van der Waals surface area (Å²) in [6.07, 6.45) is -0.826. The van der Waals surface area contributed by atoms with Crippen molar-refractivity contribution < 1.29 is 28.2 Å². The van der Waals surface area contributed by atoms with Crippen LogP contribution in [0.2, 0.25) is 0 Å². The first-order valence-electron chi connectivity index (χ1n) is 6.95. The van der Waals surface area contributed by atoms with Crippen LogP contribution in [0.3, 0.4) is 0 Å². The summed E-state index contributed by atoms with van der Waals surface area (Å²) < 4.78 is 31.0. The molecule has 7 heteroatoms. The van der Waals surface area contributed by atoms with Crippen molar-refractivity contribution in [2.75, 3.05) is 6.54 Å². The average molecular weight is 305 g/mol. The van der Waals surface area contributed by atoms with E-state index in [1.54, 1.807) is 20.8 Å². The number of alkyl halides is 2. The molecule has 0 aromatic rings. The molecule has 1 spiro atoms. The van der Waals surface area contributed by atoms with Gasteiger partial charge >= 0.3 is 12.1 Å². The van der Waals surface area contributed by atoms with Crippen molar-refractivity contribution in [2.24, 2.45) is 10.8 Å². The fourth-order valence-electron chi connectivity index (χ4n) is 3.59. The summed E-state index contributed by atoms with van der Waals surface area (Å²) in [6, 6.07) is 0. The first-order chi connectivity index (χ1) is 9.37. The first kappa shape index (κ1) is 16.0. The van der Waals surface area contributed by atoms with E-state index in [-0.39, 0.29) is 32.2 Å². The molecule has 0 radical (unpaired) electrons. The fourth-order valence-corrected chi connectivity index (χ4v) is 3.59. The number of hydrogen-bond acceptors (Lipinski definition) is 3. The molecule has 0 unspecified atom stereocenters. The smallest absolute Gasteiger partial charge is 0.407 e. The summed E-state index contributed by atoms with van der Waals surface area (Å²) in [5.74, 6) is -3.72. The van der Waals surface area contributed by atoms with E-state index in [4.69, 9.17) is 4.74 Å². The Morgan fingerprint density at radius 2 is 1.71 bits per heavy atom. The second kappa shape index (κ2) is 4.55. The predicted molar refractivity (Wildman–Crippen MR) is 70.2 cm³/mol. The van der Waals surface area contributed by atoms with Gasteiger partial charge in [0.05, 0.1) is 5.41 Å². The standard InChI is InChI=1S/C14H21F2NO4/c1-11(2,3)21-10(20)17-8-13(9(18)19)4-12(5-13)6-14(15,16)7-12/h4-8H2,1-3H3,(H,17,20)(H,18,19). The van der Waals surface area contributed by atoms with Crippen molar-refractivity contribution in [1.29, 1.82) is 0 Å². The molecule has 2 aliphatic carbocycles. The number of alkyl carbamates (subject to hydrolysis) is 1. The molecule has 0 aromatic carbocycles. The van der Waals surface area contributed by atoms with Crippen LogP contribution >= 0.6 is 0 Å². The lowest BCUT2D eigenvalue weighted by atomic mass is 9.44. The fraction of sp³-hybridized carbons (Fsp3) is 0.857. The van der Waals surface area contributed by atoms with Gasteiger partial charge in [0.1, 0.15) is 5.60 Å². The third-order valence-corrected chi connectivity index (χ3v) is 4.12. The largest absolute Gasteiger partial charge is 0.481 e. The first-order valence-corrected chi connectivity index (χ1v) is 6.95. The highest BCUT2D eigenvalue weighted by atomic mass is 19.3. The van der Waals surface area contributed by atoms with E-state index >= 15 is 0 Å². The number of halogens is 2. The van der Waals surface area contributed by atoms with E-state index in [1.807, 2.05) is 0 Å². The molecule has 2 rings (SSSR count). The van der Waals surface area contributed by atoms with E-state index in [1.165, 1.54) is 0 Å². The van der Waals surface area contributed by atoms with Crippen LogP contribution in [0.15, 0.2) is 0 Å². The lowest BCUT2D eigenvalue weighted by Gasteiger charge is -2.61. The molecule has 2 N–H and O–H groups in total. The molecule has 5 nitrogen and oxygen atoms in total. The number of nitrogens with one attached hydrogen (secondary N) is 1. The van der Waals surface area contributed by atoms with Gasteiger partial charge in [0.2, 0.25) is 5.92 Å². The minimum Gasteiger partial charge on any atom is -0.481 e. The van der Waals surface area contributed by atoms with Gasteiger partial charge in [-0.2, -0.15) is 0 Å². The quantitative estimate of drug-likeness (QED) is 0.840. The van der Waals surface area contributed by atoms with Crippen LogP contribution in [0.1, 0.15) is 46.5 Å². The SMILES string of the molecule is CC(C)(C)OC(=O)NCC1(C(=O)O)CC2(CC(F)(F)C2)C1.